The van der Waals surface area contributed by atoms with Crippen molar-refractivity contribution in [1.82, 2.24) is 10.0 Å². The number of hydrogen-bond acceptors (Lipinski definition) is 3. The smallest absolute Gasteiger partial charge is 0.211 e. The van der Waals surface area contributed by atoms with Gasteiger partial charge in [0.2, 0.25) is 10.0 Å². The summed E-state index contributed by atoms with van der Waals surface area (Å²) < 4.78 is 26.1. The molecule has 1 saturated carbocycles. The number of sulfonamides is 1. The van der Waals surface area contributed by atoms with Gasteiger partial charge in [-0.25, -0.2) is 13.1 Å². The summed E-state index contributed by atoms with van der Waals surface area (Å²) in [5, 5.41) is 2.95. The molecular weight excluding hydrogens is 212 g/mol. The van der Waals surface area contributed by atoms with E-state index in [1.54, 1.807) is 0 Å². The molecule has 0 radical (unpaired) electrons. The van der Waals surface area contributed by atoms with Gasteiger partial charge in [0.15, 0.2) is 0 Å². The molecular formula is C10H22N2O2S. The minimum absolute atomic E-state index is 0.171. The van der Waals surface area contributed by atoms with Crippen LogP contribution >= 0.6 is 0 Å². The molecule has 2 unspecified atom stereocenters. The molecule has 1 rings (SSSR count). The lowest BCUT2D eigenvalue weighted by Crippen LogP contribution is -2.38. The van der Waals surface area contributed by atoms with Crippen LogP contribution in [0.15, 0.2) is 0 Å². The highest BCUT2D eigenvalue weighted by Crippen LogP contribution is 2.25. The van der Waals surface area contributed by atoms with E-state index in [9.17, 15) is 8.42 Å². The third kappa shape index (κ3) is 4.49. The van der Waals surface area contributed by atoms with Crippen LogP contribution in [0, 0.1) is 5.92 Å². The van der Waals surface area contributed by atoms with Gasteiger partial charge in [-0.15, -0.1) is 0 Å². The zero-order valence-corrected chi connectivity index (χ0v) is 10.4. The maximum absolute atomic E-state index is 11.7. The van der Waals surface area contributed by atoms with Crippen molar-refractivity contribution in [2.75, 3.05) is 19.3 Å². The van der Waals surface area contributed by atoms with Gasteiger partial charge in [0.1, 0.15) is 0 Å². The molecule has 1 aliphatic carbocycles. The lowest BCUT2D eigenvalue weighted by atomic mass is 10.1. The minimum Gasteiger partial charge on any atom is -0.320 e. The second-order valence-electron chi connectivity index (χ2n) is 4.41. The maximum atomic E-state index is 11.7. The largest absolute Gasteiger partial charge is 0.320 e. The lowest BCUT2D eigenvalue weighted by Gasteiger charge is -2.17. The Kier molecular flexibility index (Phi) is 5.02. The van der Waals surface area contributed by atoms with Crippen LogP contribution in [0.3, 0.4) is 0 Å². The van der Waals surface area contributed by atoms with Gasteiger partial charge in [-0.2, -0.15) is 0 Å². The van der Waals surface area contributed by atoms with Crippen molar-refractivity contribution in [2.24, 2.45) is 5.92 Å². The van der Waals surface area contributed by atoms with Crippen LogP contribution in [0.2, 0.25) is 0 Å². The van der Waals surface area contributed by atoms with Gasteiger partial charge in [0.25, 0.3) is 0 Å². The zero-order valence-electron chi connectivity index (χ0n) is 9.62. The molecule has 1 aliphatic rings. The monoisotopic (exact) mass is 234 g/mol. The van der Waals surface area contributed by atoms with Gasteiger partial charge >= 0.3 is 0 Å². The highest BCUT2D eigenvalue weighted by Gasteiger charge is 2.26. The molecule has 4 nitrogen and oxygen atoms in total. The highest BCUT2D eigenvalue weighted by atomic mass is 32.2. The quantitative estimate of drug-likeness (QED) is 0.665. The van der Waals surface area contributed by atoms with Gasteiger partial charge in [-0.1, -0.05) is 13.3 Å². The van der Waals surface area contributed by atoms with Crippen molar-refractivity contribution in [3.05, 3.63) is 0 Å². The van der Waals surface area contributed by atoms with Crippen LogP contribution in [0.5, 0.6) is 0 Å². The summed E-state index contributed by atoms with van der Waals surface area (Å²) in [6, 6.07) is 0.171. The Labute approximate surface area is 92.9 Å². The fourth-order valence-electron chi connectivity index (χ4n) is 2.05. The van der Waals surface area contributed by atoms with Gasteiger partial charge in [-0.3, -0.25) is 0 Å². The summed E-state index contributed by atoms with van der Waals surface area (Å²) in [5.41, 5.74) is 0. The molecule has 0 aromatic rings. The summed E-state index contributed by atoms with van der Waals surface area (Å²) in [5.74, 6) is 0.723. The normalized spacial score (nSPS) is 27.1. The molecule has 0 aliphatic heterocycles. The molecule has 5 heteroatoms. The summed E-state index contributed by atoms with van der Waals surface area (Å²) in [4.78, 5) is 0. The second-order valence-corrected chi connectivity index (χ2v) is 6.28. The van der Waals surface area contributed by atoms with E-state index in [0.29, 0.717) is 12.3 Å². The van der Waals surface area contributed by atoms with Crippen LogP contribution in [0.25, 0.3) is 0 Å². The molecule has 0 heterocycles. The standard InChI is InChI=1S/C10H22N2O2S/c1-9-5-3-6-10(9)12-15(13,14)8-4-7-11-2/h9-12H,3-8H2,1-2H3. The fourth-order valence-corrected chi connectivity index (χ4v) is 3.50. The summed E-state index contributed by atoms with van der Waals surface area (Å²) in [6.07, 6.45) is 3.95. The van der Waals surface area contributed by atoms with Crippen LogP contribution in [-0.4, -0.2) is 33.8 Å². The molecule has 2 atom stereocenters. The number of rotatable bonds is 6. The average molecular weight is 234 g/mol. The number of nitrogens with one attached hydrogen (secondary N) is 2. The van der Waals surface area contributed by atoms with E-state index in [2.05, 4.69) is 17.0 Å². The summed E-state index contributed by atoms with van der Waals surface area (Å²) in [6.45, 7) is 2.87. The molecule has 0 saturated heterocycles. The van der Waals surface area contributed by atoms with E-state index in [1.807, 2.05) is 7.05 Å². The Balaban J connectivity index is 2.35. The van der Waals surface area contributed by atoms with Crippen LogP contribution in [0.1, 0.15) is 32.6 Å². The van der Waals surface area contributed by atoms with Crippen molar-refractivity contribution in [1.29, 1.82) is 0 Å². The van der Waals surface area contributed by atoms with E-state index in [-0.39, 0.29) is 11.8 Å². The molecule has 0 aromatic carbocycles. The molecule has 0 aromatic heterocycles. The van der Waals surface area contributed by atoms with Crippen molar-refractivity contribution >= 4 is 10.0 Å². The summed E-state index contributed by atoms with van der Waals surface area (Å²) >= 11 is 0. The van der Waals surface area contributed by atoms with Gasteiger partial charge < -0.3 is 5.32 Å². The van der Waals surface area contributed by atoms with Gasteiger partial charge in [0.05, 0.1) is 5.75 Å². The Hall–Kier alpha value is -0.130. The van der Waals surface area contributed by atoms with Gasteiger partial charge in [0, 0.05) is 6.04 Å². The molecule has 90 valence electrons. The van der Waals surface area contributed by atoms with Crippen LogP contribution in [0.4, 0.5) is 0 Å². The third-order valence-electron chi connectivity index (χ3n) is 3.03. The van der Waals surface area contributed by atoms with E-state index in [1.165, 1.54) is 0 Å². The van der Waals surface area contributed by atoms with Crippen molar-refractivity contribution < 1.29 is 8.42 Å². The van der Waals surface area contributed by atoms with Crippen LogP contribution < -0.4 is 10.0 Å². The average Bonchev–Trinajstić information content (AvgIpc) is 2.51. The molecule has 0 spiro atoms. The van der Waals surface area contributed by atoms with Crippen molar-refractivity contribution in [2.45, 2.75) is 38.6 Å². The molecule has 0 amide bonds. The number of hydrogen-bond donors (Lipinski definition) is 2. The van der Waals surface area contributed by atoms with E-state index in [0.717, 1.165) is 25.8 Å². The van der Waals surface area contributed by atoms with Crippen molar-refractivity contribution in [3.8, 4) is 0 Å². The molecule has 0 bridgehead atoms. The molecule has 15 heavy (non-hydrogen) atoms. The molecule has 2 N–H and O–H groups in total. The summed E-state index contributed by atoms with van der Waals surface area (Å²) in [7, 11) is -1.23. The first-order valence-corrected chi connectivity index (χ1v) is 7.35. The molecule has 1 fully saturated rings. The minimum atomic E-state index is -3.06. The van der Waals surface area contributed by atoms with Crippen molar-refractivity contribution in [3.63, 3.8) is 0 Å². The highest BCUT2D eigenvalue weighted by molar-refractivity contribution is 7.89. The Morgan fingerprint density at radius 3 is 2.60 bits per heavy atom. The Morgan fingerprint density at radius 1 is 1.33 bits per heavy atom. The Morgan fingerprint density at radius 2 is 2.07 bits per heavy atom. The third-order valence-corrected chi connectivity index (χ3v) is 4.52. The Bertz CT molecular complexity index is 277. The fraction of sp³-hybridized carbons (Fsp3) is 1.00. The first-order valence-electron chi connectivity index (χ1n) is 5.70. The first kappa shape index (κ1) is 12.9. The second kappa shape index (κ2) is 5.82. The first-order chi connectivity index (χ1) is 7.05. The van der Waals surface area contributed by atoms with Crippen LogP contribution in [-0.2, 0) is 10.0 Å². The van der Waals surface area contributed by atoms with E-state index in [4.69, 9.17) is 0 Å². The predicted octanol–water partition coefficient (Wildman–Crippen LogP) is 0.704. The zero-order chi connectivity index (χ0) is 11.3. The maximum Gasteiger partial charge on any atom is 0.211 e. The van der Waals surface area contributed by atoms with E-state index < -0.39 is 10.0 Å². The van der Waals surface area contributed by atoms with Gasteiger partial charge in [-0.05, 0) is 38.8 Å². The van der Waals surface area contributed by atoms with E-state index >= 15 is 0 Å². The lowest BCUT2D eigenvalue weighted by molar-refractivity contribution is 0.475. The predicted molar refractivity (Wildman–Crippen MR) is 62.3 cm³/mol. The SMILES string of the molecule is CNCCCS(=O)(=O)NC1CCCC1C. The topological polar surface area (TPSA) is 58.2 Å².